The second kappa shape index (κ2) is 16.6. The van der Waals surface area contributed by atoms with Gasteiger partial charge >= 0.3 is 5.97 Å². The summed E-state index contributed by atoms with van der Waals surface area (Å²) in [6, 6.07) is 15.7. The summed E-state index contributed by atoms with van der Waals surface area (Å²) < 4.78 is 10.8. The van der Waals surface area contributed by atoms with Crippen LogP contribution in [0.15, 0.2) is 48.5 Å². The van der Waals surface area contributed by atoms with Crippen molar-refractivity contribution in [1.29, 1.82) is 0 Å². The number of nitrogens with one attached hydrogen (secondary N) is 1. The Balaban J connectivity index is 0.00000616. The van der Waals surface area contributed by atoms with Crippen LogP contribution in [0.1, 0.15) is 34.5 Å². The molecule has 1 aromatic heterocycles. The standard InChI is InChI=1S/C29H37ClN6O5.ClH/c1-40-22-11-7-20(8-12-22)5-3-16-36(19-24(37)38,17-4-6-21-9-13-23(41-2)14-10-21)18-15-33-29(39)25-27(31)35-28(32)26(30)34-25;/h7-14H,3-6,15-19H2,1-2H3,(H5-,31,32,33,35,37,38,39);1H. The zero-order valence-corrected chi connectivity index (χ0v) is 25.3. The number of hydrogen-bond donors (Lipinski definition) is 4. The molecule has 42 heavy (non-hydrogen) atoms. The molecule has 0 atom stereocenters. The third kappa shape index (κ3) is 10.2. The van der Waals surface area contributed by atoms with E-state index in [1.165, 1.54) is 0 Å². The molecule has 0 unspecified atom stereocenters. The maximum Gasteiger partial charge on any atom is 0.359 e. The number of carbonyl (C=O) groups is 2. The first kappa shape index (κ1) is 34.4. The van der Waals surface area contributed by atoms with Crippen molar-refractivity contribution in [2.75, 3.05) is 58.4 Å². The molecule has 0 spiro atoms. The summed E-state index contributed by atoms with van der Waals surface area (Å²) in [5.74, 6) is -0.0767. The Hall–Kier alpha value is -3.80. The number of nitrogens with zero attached hydrogens (tertiary/aromatic N) is 3. The molecule has 228 valence electrons. The number of carboxylic acids is 1. The number of anilines is 2. The van der Waals surface area contributed by atoms with E-state index in [-0.39, 0.29) is 48.0 Å². The number of nitrogens with two attached hydrogens (primary N) is 2. The van der Waals surface area contributed by atoms with Crippen LogP contribution >= 0.6 is 11.6 Å². The van der Waals surface area contributed by atoms with E-state index in [0.29, 0.717) is 24.1 Å². The average molecular weight is 622 g/mol. The molecule has 0 aliphatic heterocycles. The van der Waals surface area contributed by atoms with Crippen LogP contribution in [-0.2, 0) is 17.6 Å². The van der Waals surface area contributed by atoms with Crippen LogP contribution in [0, 0.1) is 0 Å². The van der Waals surface area contributed by atoms with Gasteiger partial charge in [0.2, 0.25) is 0 Å². The maximum absolute atomic E-state index is 12.8. The highest BCUT2D eigenvalue weighted by Crippen LogP contribution is 2.19. The van der Waals surface area contributed by atoms with E-state index in [1.54, 1.807) is 14.2 Å². The van der Waals surface area contributed by atoms with Crippen molar-refractivity contribution >= 4 is 35.1 Å². The quantitative estimate of drug-likeness (QED) is 0.164. The van der Waals surface area contributed by atoms with Crippen LogP contribution in [0.5, 0.6) is 11.5 Å². The minimum absolute atomic E-state index is 0. The lowest BCUT2D eigenvalue weighted by atomic mass is 10.1. The molecular formula is C29H38Cl2N6O5. The highest BCUT2D eigenvalue weighted by atomic mass is 35.5. The van der Waals surface area contributed by atoms with Crippen LogP contribution in [0.2, 0.25) is 5.15 Å². The van der Waals surface area contributed by atoms with Crippen molar-refractivity contribution in [3.05, 3.63) is 70.5 Å². The highest BCUT2D eigenvalue weighted by Gasteiger charge is 2.30. The van der Waals surface area contributed by atoms with E-state index in [1.807, 2.05) is 48.5 Å². The summed E-state index contributed by atoms with van der Waals surface area (Å²) in [7, 11) is 3.25. The Morgan fingerprint density at radius 3 is 1.81 bits per heavy atom. The molecule has 11 nitrogen and oxygen atoms in total. The fourth-order valence-electron chi connectivity index (χ4n) is 4.78. The van der Waals surface area contributed by atoms with Gasteiger partial charge in [0.1, 0.15) is 11.5 Å². The Bertz CT molecular complexity index is 1260. The molecule has 0 aliphatic carbocycles. The Labute approximate surface area is 257 Å². The van der Waals surface area contributed by atoms with Crippen LogP contribution < -0.4 is 38.7 Å². The van der Waals surface area contributed by atoms with Crippen molar-refractivity contribution in [3.8, 4) is 11.5 Å². The molecule has 0 bridgehead atoms. The summed E-state index contributed by atoms with van der Waals surface area (Å²) in [5.41, 5.74) is 13.6. The van der Waals surface area contributed by atoms with E-state index in [9.17, 15) is 14.7 Å². The molecule has 6 N–H and O–H groups in total. The van der Waals surface area contributed by atoms with Gasteiger partial charge in [-0.05, 0) is 48.2 Å². The lowest BCUT2D eigenvalue weighted by Gasteiger charge is -2.38. The number of methoxy groups -OCH3 is 2. The van der Waals surface area contributed by atoms with E-state index in [0.717, 1.165) is 48.3 Å². The van der Waals surface area contributed by atoms with Crippen LogP contribution in [0.25, 0.3) is 0 Å². The monoisotopic (exact) mass is 620 g/mol. The van der Waals surface area contributed by atoms with Crippen molar-refractivity contribution in [1.82, 2.24) is 15.3 Å². The van der Waals surface area contributed by atoms with Crippen LogP contribution in [-0.4, -0.2) is 78.4 Å². The molecule has 3 aromatic rings. The van der Waals surface area contributed by atoms with Crippen molar-refractivity contribution in [2.45, 2.75) is 25.7 Å². The third-order valence-corrected chi connectivity index (χ3v) is 7.25. The summed E-state index contributed by atoms with van der Waals surface area (Å²) in [5, 5.41) is 12.6. The van der Waals surface area contributed by atoms with Gasteiger partial charge in [-0.25, -0.2) is 14.8 Å². The number of aryl methyl sites for hydroxylation is 2. The number of ether oxygens (including phenoxy) is 2. The zero-order valence-electron chi connectivity index (χ0n) is 23.8. The molecule has 0 fully saturated rings. The highest BCUT2D eigenvalue weighted by molar-refractivity contribution is 6.31. The Kier molecular flexibility index (Phi) is 13.6. The molecule has 0 saturated heterocycles. The van der Waals surface area contributed by atoms with Gasteiger partial charge < -0.3 is 48.3 Å². The van der Waals surface area contributed by atoms with E-state index in [4.69, 9.17) is 32.5 Å². The largest absolute Gasteiger partial charge is 1.00 e. The van der Waals surface area contributed by atoms with Crippen molar-refractivity contribution in [2.24, 2.45) is 0 Å². The number of amides is 1. The van der Waals surface area contributed by atoms with Gasteiger partial charge in [0.25, 0.3) is 5.91 Å². The number of aliphatic carboxylic acids is 1. The number of carbonyl (C=O) groups excluding carboxylic acids is 1. The molecule has 0 saturated carbocycles. The number of benzene rings is 2. The fourth-order valence-corrected chi connectivity index (χ4v) is 4.91. The topological polar surface area (TPSA) is 163 Å². The van der Waals surface area contributed by atoms with Crippen LogP contribution in [0.3, 0.4) is 0 Å². The molecule has 2 aromatic carbocycles. The lowest BCUT2D eigenvalue weighted by molar-refractivity contribution is -0.920. The number of hydrogen-bond acceptors (Lipinski definition) is 8. The van der Waals surface area contributed by atoms with Crippen LogP contribution in [0.4, 0.5) is 11.6 Å². The number of nitrogen functional groups attached to an aromatic ring is 2. The molecule has 1 heterocycles. The van der Waals surface area contributed by atoms with E-state index in [2.05, 4.69) is 15.3 Å². The van der Waals surface area contributed by atoms with Gasteiger partial charge in [-0.3, -0.25) is 4.79 Å². The predicted molar refractivity (Wildman–Crippen MR) is 158 cm³/mol. The smallest absolute Gasteiger partial charge is 0.359 e. The first-order valence-corrected chi connectivity index (χ1v) is 13.7. The SMILES string of the molecule is COc1ccc(CCC[N+](CCCc2ccc(OC)cc2)(CCNC(=O)c2nc(Cl)c(N)nc2N)CC(=O)O)cc1.[Cl-]. The van der Waals surface area contributed by atoms with Crippen molar-refractivity contribution in [3.63, 3.8) is 0 Å². The third-order valence-electron chi connectivity index (χ3n) is 6.98. The number of quaternary nitrogens is 1. The van der Waals surface area contributed by atoms with E-state index < -0.39 is 11.9 Å². The minimum atomic E-state index is -0.898. The summed E-state index contributed by atoms with van der Waals surface area (Å²) >= 11 is 5.93. The molecule has 0 radical (unpaired) electrons. The lowest BCUT2D eigenvalue weighted by Crippen LogP contribution is -3.00. The fraction of sp³-hybridized carbons (Fsp3) is 0.379. The first-order valence-electron chi connectivity index (χ1n) is 13.3. The van der Waals surface area contributed by atoms with E-state index >= 15 is 0 Å². The minimum Gasteiger partial charge on any atom is -1.00 e. The predicted octanol–water partition coefficient (Wildman–Crippen LogP) is 0.212. The molecule has 0 aliphatic rings. The Morgan fingerprint density at radius 2 is 1.36 bits per heavy atom. The second-order valence-corrected chi connectivity index (χ2v) is 10.2. The summed E-state index contributed by atoms with van der Waals surface area (Å²) in [6.45, 7) is 1.77. The summed E-state index contributed by atoms with van der Waals surface area (Å²) in [4.78, 5) is 32.7. The van der Waals surface area contributed by atoms with Gasteiger partial charge in [-0.1, -0.05) is 35.9 Å². The second-order valence-electron chi connectivity index (χ2n) is 9.86. The molecule has 3 rings (SSSR count). The maximum atomic E-state index is 12.8. The molecular weight excluding hydrogens is 583 g/mol. The van der Waals surface area contributed by atoms with Gasteiger partial charge in [0, 0.05) is 12.8 Å². The first-order chi connectivity index (χ1) is 19.6. The van der Waals surface area contributed by atoms with Crippen molar-refractivity contribution < 1.29 is 41.1 Å². The van der Waals surface area contributed by atoms with Gasteiger partial charge in [-0.15, -0.1) is 0 Å². The number of carboxylic acid groups (broad SMARTS) is 1. The number of aromatic nitrogens is 2. The molecule has 13 heteroatoms. The summed E-state index contributed by atoms with van der Waals surface area (Å²) in [6.07, 6.45) is 3.10. The average Bonchev–Trinajstić information content (AvgIpc) is 2.95. The zero-order chi connectivity index (χ0) is 29.8. The van der Waals surface area contributed by atoms with Gasteiger partial charge in [0.15, 0.2) is 29.0 Å². The van der Waals surface area contributed by atoms with Gasteiger partial charge in [-0.2, -0.15) is 0 Å². The number of rotatable bonds is 16. The van der Waals surface area contributed by atoms with Gasteiger partial charge in [0.05, 0.1) is 40.4 Å². The Morgan fingerprint density at radius 1 is 0.857 bits per heavy atom. The number of halogens is 2. The molecule has 1 amide bonds. The normalized spacial score (nSPS) is 10.9.